The zero-order chi connectivity index (χ0) is 11.1. The minimum atomic E-state index is -0.364. The molecule has 3 nitrogen and oxygen atoms in total. The summed E-state index contributed by atoms with van der Waals surface area (Å²) in [7, 11) is 0. The maximum absolute atomic E-state index is 11.1. The van der Waals surface area contributed by atoms with Crippen molar-refractivity contribution in [3.05, 3.63) is 29.3 Å². The molecule has 82 valence electrons. The fraction of sp³-hybridized carbons (Fsp3) is 0.364. The van der Waals surface area contributed by atoms with Gasteiger partial charge in [0.05, 0.1) is 6.61 Å². The second kappa shape index (κ2) is 6.30. The molecule has 0 bridgehead atoms. The zero-order valence-electron chi connectivity index (χ0n) is 8.53. The summed E-state index contributed by atoms with van der Waals surface area (Å²) in [5.41, 5.74) is 0. The number of halogens is 1. The van der Waals surface area contributed by atoms with Gasteiger partial charge in [-0.25, -0.2) is 4.79 Å². The fourth-order valence-corrected chi connectivity index (χ4v) is 1.14. The van der Waals surface area contributed by atoms with Crippen molar-refractivity contribution in [2.24, 2.45) is 0 Å². The number of carbonyl (C=O) groups excluding carboxylic acids is 1. The molecule has 0 amide bonds. The Balaban J connectivity index is 2.33. The SMILES string of the molecule is CCCOC(=O)COc1cccc(Cl)c1. The molecule has 0 saturated heterocycles. The standard InChI is InChI=1S/C11H13ClO3/c1-2-6-14-11(13)8-15-10-5-3-4-9(12)7-10/h3-5,7H,2,6,8H2,1H3. The largest absolute Gasteiger partial charge is 0.482 e. The Labute approximate surface area is 93.9 Å². The van der Waals surface area contributed by atoms with Crippen molar-refractivity contribution in [3.8, 4) is 5.75 Å². The molecule has 0 N–H and O–H groups in total. The summed E-state index contributed by atoms with van der Waals surface area (Å²) in [6.07, 6.45) is 0.808. The van der Waals surface area contributed by atoms with Crippen LogP contribution < -0.4 is 4.74 Å². The Morgan fingerprint density at radius 2 is 2.27 bits per heavy atom. The number of benzene rings is 1. The van der Waals surface area contributed by atoms with Crippen LogP contribution in [0.3, 0.4) is 0 Å². The summed E-state index contributed by atoms with van der Waals surface area (Å²) in [5.74, 6) is 0.202. The first-order valence-corrected chi connectivity index (χ1v) is 5.14. The third kappa shape index (κ3) is 4.70. The summed E-state index contributed by atoms with van der Waals surface area (Å²) < 4.78 is 10.0. The maximum Gasteiger partial charge on any atom is 0.344 e. The average molecular weight is 229 g/mol. The van der Waals surface area contributed by atoms with Gasteiger partial charge in [0, 0.05) is 5.02 Å². The summed E-state index contributed by atoms with van der Waals surface area (Å²) in [4.78, 5) is 11.1. The van der Waals surface area contributed by atoms with Gasteiger partial charge in [0.15, 0.2) is 6.61 Å². The molecule has 0 heterocycles. The van der Waals surface area contributed by atoms with E-state index in [1.165, 1.54) is 0 Å². The molecule has 4 heteroatoms. The first-order chi connectivity index (χ1) is 7.22. The summed E-state index contributed by atoms with van der Waals surface area (Å²) in [6.45, 7) is 2.28. The van der Waals surface area contributed by atoms with Gasteiger partial charge in [0.2, 0.25) is 0 Å². The van der Waals surface area contributed by atoms with Crippen LogP contribution in [0.5, 0.6) is 5.75 Å². The topological polar surface area (TPSA) is 35.5 Å². The smallest absolute Gasteiger partial charge is 0.344 e. The van der Waals surface area contributed by atoms with E-state index in [0.29, 0.717) is 17.4 Å². The molecule has 1 aromatic rings. The maximum atomic E-state index is 11.1. The van der Waals surface area contributed by atoms with E-state index in [9.17, 15) is 4.79 Å². The third-order valence-electron chi connectivity index (χ3n) is 1.62. The van der Waals surface area contributed by atoms with Gasteiger partial charge in [-0.05, 0) is 24.6 Å². The molecule has 0 unspecified atom stereocenters. The highest BCUT2D eigenvalue weighted by Crippen LogP contribution is 2.16. The van der Waals surface area contributed by atoms with Gasteiger partial charge in [-0.2, -0.15) is 0 Å². The lowest BCUT2D eigenvalue weighted by molar-refractivity contribution is -0.146. The highest BCUT2D eigenvalue weighted by molar-refractivity contribution is 6.30. The molecular formula is C11H13ClO3. The highest BCUT2D eigenvalue weighted by atomic mass is 35.5. The molecule has 0 aromatic heterocycles. The van der Waals surface area contributed by atoms with Crippen LogP contribution in [0.15, 0.2) is 24.3 Å². The van der Waals surface area contributed by atoms with E-state index in [-0.39, 0.29) is 12.6 Å². The molecular weight excluding hydrogens is 216 g/mol. The van der Waals surface area contributed by atoms with E-state index in [2.05, 4.69) is 0 Å². The summed E-state index contributed by atoms with van der Waals surface area (Å²) in [5, 5.41) is 0.578. The van der Waals surface area contributed by atoms with Crippen LogP contribution >= 0.6 is 11.6 Å². The lowest BCUT2D eigenvalue weighted by Crippen LogP contribution is -2.15. The number of carbonyl (C=O) groups is 1. The van der Waals surface area contributed by atoms with Crippen LogP contribution in [0.1, 0.15) is 13.3 Å². The normalized spacial score (nSPS) is 9.73. The Morgan fingerprint density at radius 3 is 2.93 bits per heavy atom. The molecule has 0 spiro atoms. The minimum absolute atomic E-state index is 0.0830. The van der Waals surface area contributed by atoms with Crippen molar-refractivity contribution in [3.63, 3.8) is 0 Å². The van der Waals surface area contributed by atoms with Crippen molar-refractivity contribution in [1.29, 1.82) is 0 Å². The van der Waals surface area contributed by atoms with Crippen molar-refractivity contribution in [2.45, 2.75) is 13.3 Å². The zero-order valence-corrected chi connectivity index (χ0v) is 9.29. The van der Waals surface area contributed by atoms with Crippen molar-refractivity contribution >= 4 is 17.6 Å². The molecule has 0 aliphatic heterocycles. The van der Waals surface area contributed by atoms with Crippen LogP contribution in [0.4, 0.5) is 0 Å². The third-order valence-corrected chi connectivity index (χ3v) is 1.86. The van der Waals surface area contributed by atoms with Crippen molar-refractivity contribution in [1.82, 2.24) is 0 Å². The van der Waals surface area contributed by atoms with E-state index in [0.717, 1.165) is 6.42 Å². The quantitative estimate of drug-likeness (QED) is 0.727. The molecule has 1 rings (SSSR count). The van der Waals surface area contributed by atoms with Crippen molar-refractivity contribution < 1.29 is 14.3 Å². The molecule has 1 aromatic carbocycles. The van der Waals surface area contributed by atoms with Crippen LogP contribution in [0.2, 0.25) is 5.02 Å². The summed E-state index contributed by atoms with van der Waals surface area (Å²) >= 11 is 5.75. The first-order valence-electron chi connectivity index (χ1n) is 4.76. The van der Waals surface area contributed by atoms with Gasteiger partial charge >= 0.3 is 5.97 Å². The highest BCUT2D eigenvalue weighted by Gasteiger charge is 2.03. The lowest BCUT2D eigenvalue weighted by Gasteiger charge is -2.06. The second-order valence-electron chi connectivity index (χ2n) is 2.97. The van der Waals surface area contributed by atoms with Crippen LogP contribution in [0, 0.1) is 0 Å². The number of rotatable bonds is 5. The van der Waals surface area contributed by atoms with Gasteiger partial charge < -0.3 is 9.47 Å². The van der Waals surface area contributed by atoms with E-state index in [4.69, 9.17) is 21.1 Å². The molecule has 0 radical (unpaired) electrons. The number of hydrogen-bond donors (Lipinski definition) is 0. The Kier molecular flexibility index (Phi) is 4.98. The number of esters is 1. The van der Waals surface area contributed by atoms with Gasteiger partial charge in [-0.1, -0.05) is 24.6 Å². The monoisotopic (exact) mass is 228 g/mol. The molecule has 0 aliphatic rings. The first kappa shape index (κ1) is 11.9. The predicted octanol–water partition coefficient (Wildman–Crippen LogP) is 2.67. The Hall–Kier alpha value is -1.22. The number of ether oxygens (including phenoxy) is 2. The summed E-state index contributed by atoms with van der Waals surface area (Å²) in [6, 6.07) is 6.88. The van der Waals surface area contributed by atoms with Gasteiger partial charge in [-0.3, -0.25) is 0 Å². The Bertz CT molecular complexity index is 325. The van der Waals surface area contributed by atoms with Crippen LogP contribution in [-0.2, 0) is 9.53 Å². The van der Waals surface area contributed by atoms with Crippen LogP contribution in [-0.4, -0.2) is 19.2 Å². The van der Waals surface area contributed by atoms with E-state index >= 15 is 0 Å². The predicted molar refractivity (Wildman–Crippen MR) is 58.2 cm³/mol. The molecule has 0 fully saturated rings. The molecule has 0 atom stereocenters. The van der Waals surface area contributed by atoms with E-state index in [1.54, 1.807) is 24.3 Å². The van der Waals surface area contributed by atoms with Gasteiger partial charge in [0.1, 0.15) is 5.75 Å². The molecule has 15 heavy (non-hydrogen) atoms. The second-order valence-corrected chi connectivity index (χ2v) is 3.40. The van der Waals surface area contributed by atoms with Crippen molar-refractivity contribution in [2.75, 3.05) is 13.2 Å². The van der Waals surface area contributed by atoms with Gasteiger partial charge in [0.25, 0.3) is 0 Å². The average Bonchev–Trinajstić information content (AvgIpc) is 2.23. The van der Waals surface area contributed by atoms with E-state index < -0.39 is 0 Å². The minimum Gasteiger partial charge on any atom is -0.482 e. The fourth-order valence-electron chi connectivity index (χ4n) is 0.957. The van der Waals surface area contributed by atoms with Crippen LogP contribution in [0.25, 0.3) is 0 Å². The Morgan fingerprint density at radius 1 is 1.47 bits per heavy atom. The van der Waals surface area contributed by atoms with E-state index in [1.807, 2.05) is 6.92 Å². The van der Waals surface area contributed by atoms with Gasteiger partial charge in [-0.15, -0.1) is 0 Å². The molecule has 0 aliphatic carbocycles. The number of hydrogen-bond acceptors (Lipinski definition) is 3. The lowest BCUT2D eigenvalue weighted by atomic mass is 10.3. The molecule has 0 saturated carbocycles.